The number of hydrogen-bond donors (Lipinski definition) is 1. The van der Waals surface area contributed by atoms with Gasteiger partial charge in [0.05, 0.1) is 0 Å². The van der Waals surface area contributed by atoms with Crippen molar-refractivity contribution >= 4 is 5.91 Å². The molecule has 1 saturated heterocycles. The maximum absolute atomic E-state index is 11.5. The van der Waals surface area contributed by atoms with Crippen molar-refractivity contribution in [1.29, 1.82) is 0 Å². The largest absolute Gasteiger partial charge is 0.372 e. The van der Waals surface area contributed by atoms with Crippen molar-refractivity contribution in [1.82, 2.24) is 10.2 Å². The molecule has 82 valence electrons. The van der Waals surface area contributed by atoms with Crippen molar-refractivity contribution < 1.29 is 9.53 Å². The number of piperidine rings is 1. The molecule has 0 bridgehead atoms. The molecule has 1 aliphatic heterocycles. The lowest BCUT2D eigenvalue weighted by molar-refractivity contribution is -0.131. The van der Waals surface area contributed by atoms with Gasteiger partial charge in [-0.3, -0.25) is 4.79 Å². The molecule has 1 unspecified atom stereocenters. The summed E-state index contributed by atoms with van der Waals surface area (Å²) in [7, 11) is 3.66. The zero-order valence-corrected chi connectivity index (χ0v) is 9.25. The van der Waals surface area contributed by atoms with Crippen LogP contribution in [0, 0.1) is 0 Å². The van der Waals surface area contributed by atoms with Crippen molar-refractivity contribution in [2.75, 3.05) is 27.2 Å². The van der Waals surface area contributed by atoms with E-state index >= 15 is 0 Å². The molecule has 0 radical (unpaired) electrons. The summed E-state index contributed by atoms with van der Waals surface area (Å²) in [6, 6.07) is 0.330. The molecule has 0 saturated carbocycles. The minimum atomic E-state index is -0.338. The lowest BCUT2D eigenvalue weighted by atomic mass is 10.1. The summed E-state index contributed by atoms with van der Waals surface area (Å²) in [5.41, 5.74) is 0. The van der Waals surface area contributed by atoms with Gasteiger partial charge in [0.15, 0.2) is 0 Å². The minimum Gasteiger partial charge on any atom is -0.372 e. The fraction of sp³-hybridized carbons (Fsp3) is 0.900. The summed E-state index contributed by atoms with van der Waals surface area (Å²) in [5, 5.41) is 3.00. The topological polar surface area (TPSA) is 41.6 Å². The van der Waals surface area contributed by atoms with E-state index in [4.69, 9.17) is 4.74 Å². The van der Waals surface area contributed by atoms with Gasteiger partial charge in [-0.05, 0) is 39.9 Å². The Balaban J connectivity index is 2.27. The molecule has 0 aromatic heterocycles. The zero-order valence-electron chi connectivity index (χ0n) is 9.25. The van der Waals surface area contributed by atoms with Crippen molar-refractivity contribution in [3.63, 3.8) is 0 Å². The third kappa shape index (κ3) is 3.27. The van der Waals surface area contributed by atoms with Crippen LogP contribution in [-0.2, 0) is 9.53 Å². The Labute approximate surface area is 85.6 Å². The SMILES string of the molecule is COC(C)C(=O)NC1CCN(C)CC1. The standard InChI is InChI=1S/C10H20N2O2/c1-8(14-3)10(13)11-9-4-6-12(2)7-5-9/h8-9H,4-7H2,1-3H3,(H,11,13). The summed E-state index contributed by atoms with van der Waals surface area (Å²) < 4.78 is 4.95. The van der Waals surface area contributed by atoms with Crippen LogP contribution in [0.5, 0.6) is 0 Å². The summed E-state index contributed by atoms with van der Waals surface area (Å²) in [5.74, 6) is 0.00190. The average Bonchev–Trinajstić information content (AvgIpc) is 2.20. The van der Waals surface area contributed by atoms with E-state index in [2.05, 4.69) is 17.3 Å². The molecule has 0 aromatic rings. The smallest absolute Gasteiger partial charge is 0.249 e. The molecule has 1 atom stereocenters. The maximum atomic E-state index is 11.5. The number of carbonyl (C=O) groups is 1. The first-order valence-electron chi connectivity index (χ1n) is 5.15. The van der Waals surface area contributed by atoms with Crippen LogP contribution >= 0.6 is 0 Å². The van der Waals surface area contributed by atoms with Crippen LogP contribution in [0.3, 0.4) is 0 Å². The van der Waals surface area contributed by atoms with Gasteiger partial charge in [-0.1, -0.05) is 0 Å². The Kier molecular flexibility index (Phi) is 4.35. The molecule has 0 aromatic carbocycles. The molecule has 1 fully saturated rings. The predicted molar refractivity (Wildman–Crippen MR) is 55.1 cm³/mol. The minimum absolute atomic E-state index is 0.00190. The highest BCUT2D eigenvalue weighted by Gasteiger charge is 2.20. The number of methoxy groups -OCH3 is 1. The molecule has 14 heavy (non-hydrogen) atoms. The highest BCUT2D eigenvalue weighted by molar-refractivity contribution is 5.80. The molecular weight excluding hydrogens is 180 g/mol. The number of likely N-dealkylation sites (tertiary alicyclic amines) is 1. The van der Waals surface area contributed by atoms with Crippen LogP contribution in [0.2, 0.25) is 0 Å². The fourth-order valence-corrected chi connectivity index (χ4v) is 1.58. The van der Waals surface area contributed by atoms with Gasteiger partial charge >= 0.3 is 0 Å². The van der Waals surface area contributed by atoms with E-state index in [9.17, 15) is 4.79 Å². The van der Waals surface area contributed by atoms with Gasteiger partial charge in [0, 0.05) is 13.2 Å². The lowest BCUT2D eigenvalue weighted by Gasteiger charge is -2.30. The maximum Gasteiger partial charge on any atom is 0.249 e. The monoisotopic (exact) mass is 200 g/mol. The van der Waals surface area contributed by atoms with E-state index in [0.717, 1.165) is 25.9 Å². The predicted octanol–water partition coefficient (Wildman–Crippen LogP) is 0.232. The highest BCUT2D eigenvalue weighted by atomic mass is 16.5. The number of ether oxygens (including phenoxy) is 1. The number of hydrogen-bond acceptors (Lipinski definition) is 3. The first-order chi connectivity index (χ1) is 6.63. The Morgan fingerprint density at radius 2 is 2.07 bits per heavy atom. The second-order valence-corrected chi connectivity index (χ2v) is 3.96. The molecule has 1 rings (SSSR count). The van der Waals surface area contributed by atoms with Crippen LogP contribution in [-0.4, -0.2) is 50.2 Å². The Morgan fingerprint density at radius 1 is 1.50 bits per heavy atom. The molecule has 1 heterocycles. The van der Waals surface area contributed by atoms with Crippen molar-refractivity contribution in [3.8, 4) is 0 Å². The van der Waals surface area contributed by atoms with Crippen LogP contribution < -0.4 is 5.32 Å². The summed E-state index contributed by atoms with van der Waals surface area (Å²) in [4.78, 5) is 13.8. The number of carbonyl (C=O) groups excluding carboxylic acids is 1. The summed E-state index contributed by atoms with van der Waals surface area (Å²) in [6.45, 7) is 3.89. The number of nitrogens with one attached hydrogen (secondary N) is 1. The third-order valence-electron chi connectivity index (χ3n) is 2.79. The third-order valence-corrected chi connectivity index (χ3v) is 2.79. The number of nitrogens with zero attached hydrogens (tertiary/aromatic N) is 1. The summed E-state index contributed by atoms with van der Waals surface area (Å²) >= 11 is 0. The van der Waals surface area contributed by atoms with Crippen molar-refractivity contribution in [2.24, 2.45) is 0 Å². The first-order valence-corrected chi connectivity index (χ1v) is 5.15. The van der Waals surface area contributed by atoms with Gasteiger partial charge in [0.25, 0.3) is 0 Å². The van der Waals surface area contributed by atoms with Crippen LogP contribution in [0.4, 0.5) is 0 Å². The van der Waals surface area contributed by atoms with E-state index in [0.29, 0.717) is 6.04 Å². The molecule has 0 aliphatic carbocycles. The van der Waals surface area contributed by atoms with E-state index in [1.54, 1.807) is 14.0 Å². The molecule has 4 heteroatoms. The van der Waals surface area contributed by atoms with E-state index in [1.165, 1.54) is 0 Å². The highest BCUT2D eigenvalue weighted by Crippen LogP contribution is 2.08. The Bertz CT molecular complexity index is 189. The van der Waals surface area contributed by atoms with Crippen LogP contribution in [0.15, 0.2) is 0 Å². The zero-order chi connectivity index (χ0) is 10.6. The van der Waals surface area contributed by atoms with E-state index in [1.807, 2.05) is 0 Å². The second-order valence-electron chi connectivity index (χ2n) is 3.96. The quantitative estimate of drug-likeness (QED) is 0.709. The van der Waals surface area contributed by atoms with Crippen LogP contribution in [0.25, 0.3) is 0 Å². The Morgan fingerprint density at radius 3 is 2.57 bits per heavy atom. The average molecular weight is 200 g/mol. The fourth-order valence-electron chi connectivity index (χ4n) is 1.58. The molecular formula is C10H20N2O2. The molecule has 4 nitrogen and oxygen atoms in total. The van der Waals surface area contributed by atoms with Crippen molar-refractivity contribution in [2.45, 2.75) is 31.9 Å². The second kappa shape index (κ2) is 5.32. The molecule has 1 N–H and O–H groups in total. The summed E-state index contributed by atoms with van der Waals surface area (Å²) in [6.07, 6.45) is 1.74. The van der Waals surface area contributed by atoms with Crippen molar-refractivity contribution in [3.05, 3.63) is 0 Å². The van der Waals surface area contributed by atoms with Gasteiger partial charge < -0.3 is 15.0 Å². The van der Waals surface area contributed by atoms with Crippen LogP contribution in [0.1, 0.15) is 19.8 Å². The normalized spacial score (nSPS) is 21.9. The Hall–Kier alpha value is -0.610. The molecule has 0 spiro atoms. The first kappa shape index (κ1) is 11.5. The lowest BCUT2D eigenvalue weighted by Crippen LogP contribution is -2.46. The van der Waals surface area contributed by atoms with Gasteiger partial charge in [0.2, 0.25) is 5.91 Å². The van der Waals surface area contributed by atoms with Gasteiger partial charge in [-0.25, -0.2) is 0 Å². The number of amides is 1. The van der Waals surface area contributed by atoms with E-state index in [-0.39, 0.29) is 12.0 Å². The van der Waals surface area contributed by atoms with Gasteiger partial charge in [0.1, 0.15) is 6.10 Å². The van der Waals surface area contributed by atoms with E-state index < -0.39 is 0 Å². The van der Waals surface area contributed by atoms with Gasteiger partial charge in [-0.2, -0.15) is 0 Å². The van der Waals surface area contributed by atoms with Gasteiger partial charge in [-0.15, -0.1) is 0 Å². The molecule has 1 aliphatic rings. The number of rotatable bonds is 3. The molecule has 1 amide bonds.